The number of amides is 2. The van der Waals surface area contributed by atoms with Gasteiger partial charge in [0.25, 0.3) is 5.91 Å². The predicted octanol–water partition coefficient (Wildman–Crippen LogP) is 0.136. The van der Waals surface area contributed by atoms with Crippen molar-refractivity contribution in [3.63, 3.8) is 0 Å². The molecule has 0 spiro atoms. The molecule has 0 atom stereocenters. The average Bonchev–Trinajstić information content (AvgIpc) is 2.84. The summed E-state index contributed by atoms with van der Waals surface area (Å²) in [5.74, 6) is 0.612. The molecule has 2 N–H and O–H groups in total. The van der Waals surface area contributed by atoms with E-state index in [1.807, 2.05) is 13.8 Å². The zero-order valence-corrected chi connectivity index (χ0v) is 11.1. The van der Waals surface area contributed by atoms with Gasteiger partial charge in [-0.05, 0) is 0 Å². The molecule has 7 nitrogen and oxygen atoms in total. The standard InChI is InChI=1S/C11H19N5O2/c1-7(2)9-13-10(15-14-9)11(18)16(4)6-5-8(17)12-3/h7H,5-6H2,1-4H3,(H,12,17)(H,13,14,15). The van der Waals surface area contributed by atoms with Crippen LogP contribution in [0.15, 0.2) is 0 Å². The van der Waals surface area contributed by atoms with Crippen LogP contribution in [0.3, 0.4) is 0 Å². The lowest BCUT2D eigenvalue weighted by Gasteiger charge is -2.14. The summed E-state index contributed by atoms with van der Waals surface area (Å²) >= 11 is 0. The van der Waals surface area contributed by atoms with Crippen LogP contribution in [0.4, 0.5) is 0 Å². The molecule has 100 valence electrons. The summed E-state index contributed by atoms with van der Waals surface area (Å²) in [5.41, 5.74) is 0. The molecule has 0 saturated heterocycles. The van der Waals surface area contributed by atoms with Crippen molar-refractivity contribution in [2.24, 2.45) is 0 Å². The normalized spacial score (nSPS) is 10.5. The Balaban J connectivity index is 2.59. The molecule has 1 aromatic rings. The fraction of sp³-hybridized carbons (Fsp3) is 0.636. The van der Waals surface area contributed by atoms with Crippen molar-refractivity contribution in [1.82, 2.24) is 25.4 Å². The van der Waals surface area contributed by atoms with Crippen molar-refractivity contribution in [2.45, 2.75) is 26.2 Å². The van der Waals surface area contributed by atoms with Gasteiger partial charge in [0.1, 0.15) is 5.82 Å². The molecule has 0 unspecified atom stereocenters. The molecule has 1 heterocycles. The molecule has 0 fully saturated rings. The van der Waals surface area contributed by atoms with Gasteiger partial charge in [0.2, 0.25) is 11.7 Å². The Hall–Kier alpha value is -1.92. The van der Waals surface area contributed by atoms with Gasteiger partial charge in [0, 0.05) is 33.0 Å². The summed E-state index contributed by atoms with van der Waals surface area (Å²) in [6, 6.07) is 0. The minimum atomic E-state index is -0.290. The maximum Gasteiger partial charge on any atom is 0.293 e. The Morgan fingerprint density at radius 1 is 1.44 bits per heavy atom. The van der Waals surface area contributed by atoms with E-state index in [-0.39, 0.29) is 30.0 Å². The van der Waals surface area contributed by atoms with Crippen molar-refractivity contribution in [2.75, 3.05) is 20.6 Å². The van der Waals surface area contributed by atoms with E-state index in [1.165, 1.54) is 4.90 Å². The number of H-pyrrole nitrogens is 1. The summed E-state index contributed by atoms with van der Waals surface area (Å²) in [5, 5.41) is 9.11. The van der Waals surface area contributed by atoms with Crippen molar-refractivity contribution >= 4 is 11.8 Å². The van der Waals surface area contributed by atoms with Crippen LogP contribution in [0.5, 0.6) is 0 Å². The van der Waals surface area contributed by atoms with Crippen LogP contribution in [0.25, 0.3) is 0 Å². The van der Waals surface area contributed by atoms with Crippen LogP contribution in [0.2, 0.25) is 0 Å². The first-order chi connectivity index (χ1) is 8.45. The second-order valence-corrected chi connectivity index (χ2v) is 4.35. The second kappa shape index (κ2) is 6.13. The SMILES string of the molecule is CNC(=O)CCN(C)C(=O)c1n[nH]c(C(C)C)n1. The van der Waals surface area contributed by atoms with Crippen LogP contribution in [-0.4, -0.2) is 52.5 Å². The van der Waals surface area contributed by atoms with Crippen molar-refractivity contribution in [3.8, 4) is 0 Å². The minimum Gasteiger partial charge on any atom is -0.359 e. The van der Waals surface area contributed by atoms with Gasteiger partial charge in [-0.25, -0.2) is 4.98 Å². The largest absolute Gasteiger partial charge is 0.359 e. The van der Waals surface area contributed by atoms with Crippen molar-refractivity contribution in [1.29, 1.82) is 0 Å². The average molecular weight is 253 g/mol. The Kier molecular flexibility index (Phi) is 4.82. The molecular weight excluding hydrogens is 234 g/mol. The second-order valence-electron chi connectivity index (χ2n) is 4.35. The highest BCUT2D eigenvalue weighted by Gasteiger charge is 2.18. The smallest absolute Gasteiger partial charge is 0.293 e. The first kappa shape index (κ1) is 14.1. The summed E-state index contributed by atoms with van der Waals surface area (Å²) in [6.07, 6.45) is 0.264. The maximum atomic E-state index is 11.9. The Morgan fingerprint density at radius 2 is 2.11 bits per heavy atom. The van der Waals surface area contributed by atoms with Crippen molar-refractivity contribution < 1.29 is 9.59 Å². The van der Waals surface area contributed by atoms with Crippen LogP contribution in [0.1, 0.15) is 42.6 Å². The minimum absolute atomic E-state index is 0.104. The summed E-state index contributed by atoms with van der Waals surface area (Å²) in [4.78, 5) is 28.6. The molecule has 0 bridgehead atoms. The first-order valence-electron chi connectivity index (χ1n) is 5.84. The van der Waals surface area contributed by atoms with Crippen molar-refractivity contribution in [3.05, 3.63) is 11.6 Å². The Morgan fingerprint density at radius 3 is 2.61 bits per heavy atom. The van der Waals surface area contributed by atoms with E-state index in [4.69, 9.17) is 0 Å². The fourth-order valence-electron chi connectivity index (χ4n) is 1.29. The van der Waals surface area contributed by atoms with Gasteiger partial charge in [0.15, 0.2) is 0 Å². The first-order valence-corrected chi connectivity index (χ1v) is 5.84. The number of carbonyl (C=O) groups excluding carboxylic acids is 2. The topological polar surface area (TPSA) is 91.0 Å². The number of nitrogens with zero attached hydrogens (tertiary/aromatic N) is 3. The lowest BCUT2D eigenvalue weighted by Crippen LogP contribution is -2.32. The number of aromatic amines is 1. The van der Waals surface area contributed by atoms with E-state index in [1.54, 1.807) is 14.1 Å². The highest BCUT2D eigenvalue weighted by atomic mass is 16.2. The molecular formula is C11H19N5O2. The molecule has 7 heteroatoms. The third kappa shape index (κ3) is 3.54. The third-order valence-corrected chi connectivity index (χ3v) is 2.54. The predicted molar refractivity (Wildman–Crippen MR) is 66.1 cm³/mol. The van der Waals surface area contributed by atoms with Crippen LogP contribution in [-0.2, 0) is 4.79 Å². The monoisotopic (exact) mass is 253 g/mol. The maximum absolute atomic E-state index is 11.9. The van der Waals surface area contributed by atoms with Gasteiger partial charge >= 0.3 is 0 Å². The molecule has 0 aliphatic heterocycles. The summed E-state index contributed by atoms with van der Waals surface area (Å²) in [7, 11) is 3.19. The lowest BCUT2D eigenvalue weighted by atomic mass is 10.2. The molecule has 0 aromatic carbocycles. The van der Waals surface area contributed by atoms with Gasteiger partial charge < -0.3 is 10.2 Å². The van der Waals surface area contributed by atoms with Gasteiger partial charge in [-0.2, -0.15) is 0 Å². The number of hydrogen-bond acceptors (Lipinski definition) is 4. The van der Waals surface area contributed by atoms with Gasteiger partial charge in [-0.3, -0.25) is 14.7 Å². The summed E-state index contributed by atoms with van der Waals surface area (Å²) < 4.78 is 0. The number of hydrogen-bond donors (Lipinski definition) is 2. The molecule has 0 aliphatic carbocycles. The number of rotatable bonds is 5. The van der Waals surface area contributed by atoms with Gasteiger partial charge in [-0.15, -0.1) is 5.10 Å². The molecule has 2 amide bonds. The van der Waals surface area contributed by atoms with E-state index in [2.05, 4.69) is 20.5 Å². The highest BCUT2D eigenvalue weighted by molar-refractivity contribution is 5.90. The highest BCUT2D eigenvalue weighted by Crippen LogP contribution is 2.08. The van der Waals surface area contributed by atoms with Crippen LogP contribution in [0, 0.1) is 0 Å². The van der Waals surface area contributed by atoms with Crippen LogP contribution < -0.4 is 5.32 Å². The fourth-order valence-corrected chi connectivity index (χ4v) is 1.29. The number of carbonyl (C=O) groups is 2. The molecule has 0 saturated carbocycles. The van der Waals surface area contributed by atoms with Gasteiger partial charge in [0.05, 0.1) is 0 Å². The number of nitrogens with one attached hydrogen (secondary N) is 2. The van der Waals surface area contributed by atoms with Gasteiger partial charge in [-0.1, -0.05) is 13.8 Å². The Labute approximate surface area is 106 Å². The molecule has 1 rings (SSSR count). The number of aromatic nitrogens is 3. The summed E-state index contributed by atoms with van der Waals surface area (Å²) in [6.45, 7) is 4.26. The quantitative estimate of drug-likeness (QED) is 0.780. The molecule has 18 heavy (non-hydrogen) atoms. The third-order valence-electron chi connectivity index (χ3n) is 2.54. The Bertz CT molecular complexity index is 427. The van der Waals surface area contributed by atoms with E-state index < -0.39 is 0 Å². The molecule has 0 radical (unpaired) electrons. The van der Waals surface area contributed by atoms with E-state index in [9.17, 15) is 9.59 Å². The zero-order valence-electron chi connectivity index (χ0n) is 11.1. The van der Waals surface area contributed by atoms with E-state index in [0.29, 0.717) is 12.4 Å². The van der Waals surface area contributed by atoms with E-state index in [0.717, 1.165) is 0 Å². The molecule has 0 aliphatic rings. The lowest BCUT2D eigenvalue weighted by molar-refractivity contribution is -0.120. The molecule has 1 aromatic heterocycles. The van der Waals surface area contributed by atoms with Crippen LogP contribution >= 0.6 is 0 Å². The zero-order chi connectivity index (χ0) is 13.7. The van der Waals surface area contributed by atoms with E-state index >= 15 is 0 Å².